The van der Waals surface area contributed by atoms with Crippen molar-refractivity contribution in [1.29, 1.82) is 0 Å². The number of hydrogen-bond donors (Lipinski definition) is 2. The highest BCUT2D eigenvalue weighted by atomic mass is 35.5. The molecule has 1 saturated heterocycles. The number of nitrogens with one attached hydrogen (secondary N) is 1. The van der Waals surface area contributed by atoms with E-state index in [1.165, 1.54) is 5.56 Å². The Morgan fingerprint density at radius 2 is 2.03 bits per heavy atom. The Balaban J connectivity index is 1.52. The van der Waals surface area contributed by atoms with Crippen molar-refractivity contribution in [2.75, 3.05) is 31.5 Å². The lowest BCUT2D eigenvalue weighted by molar-refractivity contribution is 0.224. The van der Waals surface area contributed by atoms with E-state index < -0.39 is 0 Å². The van der Waals surface area contributed by atoms with Gasteiger partial charge in [0.15, 0.2) is 0 Å². The molecule has 0 saturated carbocycles. The van der Waals surface area contributed by atoms with Crippen LogP contribution in [0.5, 0.6) is 0 Å². The zero-order valence-corrected chi connectivity index (χ0v) is 18.8. The fraction of sp³-hybridized carbons (Fsp3) is 0.522. The van der Waals surface area contributed by atoms with Crippen molar-refractivity contribution in [3.63, 3.8) is 0 Å². The van der Waals surface area contributed by atoms with Crippen molar-refractivity contribution in [1.82, 2.24) is 24.4 Å². The molecule has 1 unspecified atom stereocenters. The van der Waals surface area contributed by atoms with E-state index in [1.54, 1.807) is 6.20 Å². The molecule has 0 spiro atoms. The van der Waals surface area contributed by atoms with Crippen LogP contribution in [0.2, 0.25) is 5.15 Å². The Bertz CT molecular complexity index is 1070. The number of benzene rings is 1. The molecule has 1 aromatic carbocycles. The molecule has 0 bridgehead atoms. The molecular formula is C23H30ClN7. The van der Waals surface area contributed by atoms with Crippen molar-refractivity contribution in [3.05, 3.63) is 46.5 Å². The molecule has 3 aromatic rings. The lowest BCUT2D eigenvalue weighted by atomic mass is 9.95. The van der Waals surface area contributed by atoms with Crippen LogP contribution < -0.4 is 11.1 Å². The van der Waals surface area contributed by atoms with Gasteiger partial charge in [0.1, 0.15) is 5.15 Å². The first-order valence-corrected chi connectivity index (χ1v) is 11.7. The van der Waals surface area contributed by atoms with Crippen LogP contribution in [-0.4, -0.2) is 56.6 Å². The number of imidazole rings is 1. The summed E-state index contributed by atoms with van der Waals surface area (Å²) in [7, 11) is 0. The lowest BCUT2D eigenvalue weighted by Gasteiger charge is -2.33. The number of fused-ring (bicyclic) bond motifs is 2. The molecule has 5 rings (SSSR count). The van der Waals surface area contributed by atoms with Crippen LogP contribution in [0.15, 0.2) is 24.4 Å². The van der Waals surface area contributed by atoms with E-state index in [4.69, 9.17) is 27.3 Å². The van der Waals surface area contributed by atoms with Gasteiger partial charge in [0.2, 0.25) is 5.95 Å². The molecule has 164 valence electrons. The maximum Gasteiger partial charge on any atom is 0.204 e. The summed E-state index contributed by atoms with van der Waals surface area (Å²) < 4.78 is 2.36. The maximum atomic E-state index is 6.14. The molecule has 0 amide bonds. The quantitative estimate of drug-likeness (QED) is 0.632. The molecule has 3 heterocycles. The molecule has 1 aliphatic heterocycles. The van der Waals surface area contributed by atoms with E-state index in [-0.39, 0.29) is 6.04 Å². The number of piperidine rings is 1. The number of anilines is 1. The zero-order chi connectivity index (χ0) is 21.4. The third-order valence-corrected chi connectivity index (χ3v) is 6.84. The minimum Gasteiger partial charge on any atom is -0.353 e. The number of halogens is 1. The van der Waals surface area contributed by atoms with Gasteiger partial charge in [-0.3, -0.25) is 4.98 Å². The molecule has 0 radical (unpaired) electrons. The molecule has 1 aliphatic carbocycles. The number of nitrogens with zero attached hydrogens (tertiary/aromatic N) is 5. The zero-order valence-electron chi connectivity index (χ0n) is 18.0. The summed E-state index contributed by atoms with van der Waals surface area (Å²) in [6.45, 7) is 5.97. The van der Waals surface area contributed by atoms with Crippen molar-refractivity contribution in [2.24, 2.45) is 5.73 Å². The first kappa shape index (κ1) is 20.7. The monoisotopic (exact) mass is 439 g/mol. The van der Waals surface area contributed by atoms with Crippen molar-refractivity contribution in [3.8, 4) is 0 Å². The average Bonchev–Trinajstić information content (AvgIpc) is 3.14. The van der Waals surface area contributed by atoms with Gasteiger partial charge in [-0.25, -0.2) is 9.97 Å². The lowest BCUT2D eigenvalue weighted by Crippen LogP contribution is -2.41. The summed E-state index contributed by atoms with van der Waals surface area (Å²) in [6.07, 6.45) is 6.87. The Morgan fingerprint density at radius 1 is 1.19 bits per heavy atom. The SMILES string of the molecule is Cc1cccc2c1nc(NC1CCN(CCN)CC1)n2C1CCCc2nc(Cl)cnc21. The van der Waals surface area contributed by atoms with Gasteiger partial charge in [-0.05, 0) is 50.7 Å². The predicted octanol–water partition coefficient (Wildman–Crippen LogP) is 3.55. The maximum absolute atomic E-state index is 6.14. The van der Waals surface area contributed by atoms with Gasteiger partial charge in [0.25, 0.3) is 0 Å². The second-order valence-electron chi connectivity index (χ2n) is 8.73. The highest BCUT2D eigenvalue weighted by Crippen LogP contribution is 2.37. The summed E-state index contributed by atoms with van der Waals surface area (Å²) in [6, 6.07) is 6.93. The molecule has 7 nitrogen and oxygen atoms in total. The van der Waals surface area contributed by atoms with Crippen molar-refractivity contribution < 1.29 is 0 Å². The van der Waals surface area contributed by atoms with Crippen LogP contribution in [0.25, 0.3) is 11.0 Å². The van der Waals surface area contributed by atoms with Gasteiger partial charge in [0, 0.05) is 32.2 Å². The summed E-state index contributed by atoms with van der Waals surface area (Å²) >= 11 is 6.14. The molecule has 31 heavy (non-hydrogen) atoms. The first-order chi connectivity index (χ1) is 15.1. The second kappa shape index (κ2) is 8.73. The third kappa shape index (κ3) is 4.02. The van der Waals surface area contributed by atoms with E-state index in [2.05, 4.69) is 44.9 Å². The summed E-state index contributed by atoms with van der Waals surface area (Å²) in [5.74, 6) is 0.941. The smallest absolute Gasteiger partial charge is 0.204 e. The Hall–Kier alpha value is -2.22. The van der Waals surface area contributed by atoms with Gasteiger partial charge in [-0.1, -0.05) is 23.7 Å². The molecular weight excluding hydrogens is 410 g/mol. The summed E-state index contributed by atoms with van der Waals surface area (Å²) in [4.78, 5) is 16.8. The van der Waals surface area contributed by atoms with Crippen molar-refractivity contribution in [2.45, 2.75) is 51.1 Å². The van der Waals surface area contributed by atoms with Crippen LogP contribution in [0.1, 0.15) is 48.7 Å². The van der Waals surface area contributed by atoms with Crippen LogP contribution >= 0.6 is 11.6 Å². The highest BCUT2D eigenvalue weighted by Gasteiger charge is 2.30. The van der Waals surface area contributed by atoms with Gasteiger partial charge >= 0.3 is 0 Å². The van der Waals surface area contributed by atoms with Gasteiger partial charge in [0.05, 0.1) is 34.7 Å². The average molecular weight is 440 g/mol. The predicted molar refractivity (Wildman–Crippen MR) is 125 cm³/mol. The number of hydrogen-bond acceptors (Lipinski definition) is 6. The molecule has 2 aromatic heterocycles. The van der Waals surface area contributed by atoms with Crippen LogP contribution in [0.3, 0.4) is 0 Å². The molecule has 8 heteroatoms. The van der Waals surface area contributed by atoms with Crippen molar-refractivity contribution >= 4 is 28.6 Å². The van der Waals surface area contributed by atoms with E-state index >= 15 is 0 Å². The largest absolute Gasteiger partial charge is 0.353 e. The Morgan fingerprint density at radius 3 is 2.84 bits per heavy atom. The topological polar surface area (TPSA) is 84.9 Å². The first-order valence-electron chi connectivity index (χ1n) is 11.3. The van der Waals surface area contributed by atoms with Gasteiger partial charge < -0.3 is 20.5 Å². The Labute approximate surface area is 188 Å². The fourth-order valence-electron chi connectivity index (χ4n) is 5.07. The normalized spacial score (nSPS) is 20.2. The van der Waals surface area contributed by atoms with Gasteiger partial charge in [-0.2, -0.15) is 0 Å². The van der Waals surface area contributed by atoms with Crippen LogP contribution in [0.4, 0.5) is 5.95 Å². The minimum absolute atomic E-state index is 0.111. The fourth-order valence-corrected chi connectivity index (χ4v) is 5.22. The minimum atomic E-state index is 0.111. The van der Waals surface area contributed by atoms with Gasteiger partial charge in [-0.15, -0.1) is 0 Å². The standard InChI is InChI=1S/C23H30ClN7/c1-15-4-2-6-18-21(15)29-23(27-16-8-11-30(12-9-16)13-10-25)31(18)19-7-3-5-17-22(19)26-14-20(24)28-17/h2,4,6,14,16,19H,3,5,7-13,25H2,1H3,(H,27,29). The van der Waals surface area contributed by atoms with E-state index in [9.17, 15) is 0 Å². The second-order valence-corrected chi connectivity index (χ2v) is 9.12. The number of nitrogens with two attached hydrogens (primary N) is 1. The molecule has 2 aliphatic rings. The summed E-state index contributed by atoms with van der Waals surface area (Å²) in [5, 5.41) is 4.25. The van der Waals surface area contributed by atoms with E-state index in [0.717, 1.165) is 86.7 Å². The van der Waals surface area contributed by atoms with E-state index in [1.807, 2.05) is 0 Å². The number of aryl methyl sites for hydroxylation is 2. The molecule has 3 N–H and O–H groups in total. The number of likely N-dealkylation sites (tertiary alicyclic amines) is 1. The number of para-hydroxylation sites is 1. The van der Waals surface area contributed by atoms with Crippen LogP contribution in [-0.2, 0) is 6.42 Å². The number of aromatic nitrogens is 4. The Kier molecular flexibility index (Phi) is 5.82. The van der Waals surface area contributed by atoms with E-state index in [0.29, 0.717) is 11.2 Å². The summed E-state index contributed by atoms with van der Waals surface area (Å²) in [5.41, 5.74) is 11.2. The molecule has 1 fully saturated rings. The third-order valence-electron chi connectivity index (χ3n) is 6.65. The molecule has 1 atom stereocenters. The van der Waals surface area contributed by atoms with Crippen LogP contribution in [0, 0.1) is 6.92 Å². The highest BCUT2D eigenvalue weighted by molar-refractivity contribution is 6.29. The number of rotatable bonds is 5.